The number of likely N-dealkylation sites (tertiary alicyclic amines) is 1. The van der Waals surface area contributed by atoms with Crippen LogP contribution in [-0.2, 0) is 4.79 Å². The molecule has 18 heavy (non-hydrogen) atoms. The summed E-state index contributed by atoms with van der Waals surface area (Å²) in [4.78, 5) is 13.4. The van der Waals surface area contributed by atoms with Gasteiger partial charge in [-0.25, -0.2) is 0 Å². The quantitative estimate of drug-likeness (QED) is 0.846. The minimum absolute atomic E-state index is 0.0653. The number of rotatable bonds is 4. The van der Waals surface area contributed by atoms with Crippen molar-refractivity contribution in [3.63, 3.8) is 0 Å². The van der Waals surface area contributed by atoms with Gasteiger partial charge in [-0.2, -0.15) is 13.2 Å². The van der Waals surface area contributed by atoms with Gasteiger partial charge in [0.1, 0.15) is 0 Å². The van der Waals surface area contributed by atoms with E-state index < -0.39 is 18.1 Å². The van der Waals surface area contributed by atoms with E-state index in [1.807, 2.05) is 6.92 Å². The molecule has 0 bridgehead atoms. The summed E-state index contributed by atoms with van der Waals surface area (Å²) in [6.45, 7) is 4.67. The molecule has 1 fully saturated rings. The molecule has 106 valence electrons. The number of halogens is 3. The molecule has 1 N–H and O–H groups in total. The zero-order valence-corrected chi connectivity index (χ0v) is 10.9. The van der Waals surface area contributed by atoms with E-state index in [0.29, 0.717) is 19.5 Å². The second kappa shape index (κ2) is 6.41. The average molecular weight is 266 g/mol. The molecular weight excluding hydrogens is 245 g/mol. The van der Waals surface area contributed by atoms with Gasteiger partial charge in [0.25, 0.3) is 0 Å². The van der Waals surface area contributed by atoms with Gasteiger partial charge in [0.15, 0.2) is 0 Å². The highest BCUT2D eigenvalue weighted by Crippen LogP contribution is 2.33. The van der Waals surface area contributed by atoms with E-state index in [4.69, 9.17) is 0 Å². The normalized spacial score (nSPS) is 23.7. The lowest BCUT2D eigenvalue weighted by molar-refractivity contribution is -0.188. The van der Waals surface area contributed by atoms with Crippen LogP contribution in [0.4, 0.5) is 13.2 Å². The fourth-order valence-corrected chi connectivity index (χ4v) is 2.19. The lowest BCUT2D eigenvalue weighted by Gasteiger charge is -2.36. The number of hydrogen-bond donors (Lipinski definition) is 1. The monoisotopic (exact) mass is 266 g/mol. The van der Waals surface area contributed by atoms with E-state index in [2.05, 4.69) is 5.32 Å². The van der Waals surface area contributed by atoms with Gasteiger partial charge in [0.2, 0.25) is 5.91 Å². The van der Waals surface area contributed by atoms with Gasteiger partial charge >= 0.3 is 6.18 Å². The molecule has 0 unspecified atom stereocenters. The largest absolute Gasteiger partial charge is 0.393 e. The molecule has 6 heteroatoms. The number of hydrogen-bond acceptors (Lipinski definition) is 2. The van der Waals surface area contributed by atoms with Crippen LogP contribution in [0.25, 0.3) is 0 Å². The first-order valence-corrected chi connectivity index (χ1v) is 6.44. The van der Waals surface area contributed by atoms with Crippen molar-refractivity contribution in [2.45, 2.75) is 45.3 Å². The molecule has 1 aliphatic heterocycles. The van der Waals surface area contributed by atoms with E-state index in [-0.39, 0.29) is 18.9 Å². The predicted octanol–water partition coefficient (Wildman–Crippen LogP) is 2.18. The van der Waals surface area contributed by atoms with E-state index in [0.717, 1.165) is 6.42 Å². The predicted molar refractivity (Wildman–Crippen MR) is 63.1 cm³/mol. The van der Waals surface area contributed by atoms with Crippen molar-refractivity contribution in [3.8, 4) is 0 Å². The second-order valence-electron chi connectivity index (χ2n) is 4.84. The van der Waals surface area contributed by atoms with Gasteiger partial charge in [0.05, 0.1) is 12.0 Å². The van der Waals surface area contributed by atoms with Crippen LogP contribution in [0.5, 0.6) is 0 Å². The molecule has 1 saturated heterocycles. The molecule has 3 nitrogen and oxygen atoms in total. The van der Waals surface area contributed by atoms with Crippen LogP contribution in [0, 0.1) is 5.92 Å². The van der Waals surface area contributed by atoms with Crippen molar-refractivity contribution in [3.05, 3.63) is 0 Å². The molecule has 0 aromatic heterocycles. The van der Waals surface area contributed by atoms with E-state index >= 15 is 0 Å². The van der Waals surface area contributed by atoms with E-state index in [9.17, 15) is 18.0 Å². The van der Waals surface area contributed by atoms with E-state index in [1.165, 1.54) is 0 Å². The number of piperidine rings is 1. The van der Waals surface area contributed by atoms with Gasteiger partial charge < -0.3 is 5.32 Å². The Bertz CT molecular complexity index is 281. The third kappa shape index (κ3) is 4.15. The molecule has 1 heterocycles. The highest BCUT2D eigenvalue weighted by Gasteiger charge is 2.43. The van der Waals surface area contributed by atoms with Crippen LogP contribution in [0.2, 0.25) is 0 Å². The number of nitrogens with one attached hydrogen (secondary N) is 1. The van der Waals surface area contributed by atoms with Gasteiger partial charge in [0, 0.05) is 13.1 Å². The third-order valence-corrected chi connectivity index (χ3v) is 3.39. The molecule has 0 saturated carbocycles. The number of alkyl halides is 3. The summed E-state index contributed by atoms with van der Waals surface area (Å²) in [6.07, 6.45) is -2.67. The first kappa shape index (κ1) is 15.3. The van der Waals surface area contributed by atoms with Crippen LogP contribution in [-0.4, -0.2) is 42.7 Å². The topological polar surface area (TPSA) is 32.3 Å². The molecule has 1 rings (SSSR count). The minimum atomic E-state index is -4.15. The standard InChI is InChI=1S/C12H21F3N2O/c1-3-6-16-11(18)9(2)17-7-4-5-10(8-17)12(13,14)15/h9-10H,3-8H2,1-2H3,(H,16,18)/t9-,10+/m0/s1. The van der Waals surface area contributed by atoms with Gasteiger partial charge in [-0.15, -0.1) is 0 Å². The van der Waals surface area contributed by atoms with Gasteiger partial charge in [-0.3, -0.25) is 9.69 Å². The highest BCUT2D eigenvalue weighted by atomic mass is 19.4. The molecule has 0 radical (unpaired) electrons. The Balaban J connectivity index is 2.53. The van der Waals surface area contributed by atoms with Crippen molar-refractivity contribution < 1.29 is 18.0 Å². The second-order valence-corrected chi connectivity index (χ2v) is 4.84. The van der Waals surface area contributed by atoms with E-state index in [1.54, 1.807) is 11.8 Å². The number of carbonyl (C=O) groups is 1. The third-order valence-electron chi connectivity index (χ3n) is 3.39. The Hall–Kier alpha value is -0.780. The summed E-state index contributed by atoms with van der Waals surface area (Å²) in [5.74, 6) is -1.48. The Labute approximate surface area is 106 Å². The molecular formula is C12H21F3N2O. The fourth-order valence-electron chi connectivity index (χ4n) is 2.19. The average Bonchev–Trinajstić information content (AvgIpc) is 2.34. The molecule has 0 spiro atoms. The Morgan fingerprint density at radius 3 is 2.72 bits per heavy atom. The Morgan fingerprint density at radius 2 is 2.17 bits per heavy atom. The maximum Gasteiger partial charge on any atom is 0.393 e. The molecule has 1 aliphatic rings. The summed E-state index contributed by atoms with van der Waals surface area (Å²) >= 11 is 0. The summed E-state index contributed by atoms with van der Waals surface area (Å²) in [5.41, 5.74) is 0. The lowest BCUT2D eigenvalue weighted by Crippen LogP contribution is -2.51. The van der Waals surface area contributed by atoms with Crippen LogP contribution in [0.3, 0.4) is 0 Å². The Morgan fingerprint density at radius 1 is 1.50 bits per heavy atom. The van der Waals surface area contributed by atoms with Crippen LogP contribution < -0.4 is 5.32 Å². The molecule has 1 amide bonds. The summed E-state index contributed by atoms with van der Waals surface area (Å²) in [7, 11) is 0. The van der Waals surface area contributed by atoms with Crippen LogP contribution in [0.15, 0.2) is 0 Å². The number of carbonyl (C=O) groups excluding carboxylic acids is 1. The van der Waals surface area contributed by atoms with Crippen molar-refractivity contribution >= 4 is 5.91 Å². The lowest BCUT2D eigenvalue weighted by atomic mass is 9.96. The molecule has 2 atom stereocenters. The summed E-state index contributed by atoms with van der Waals surface area (Å²) in [5, 5.41) is 2.72. The molecule has 0 aromatic rings. The van der Waals surface area contributed by atoms with Crippen molar-refractivity contribution in [2.24, 2.45) is 5.92 Å². The molecule has 0 aromatic carbocycles. The smallest absolute Gasteiger partial charge is 0.355 e. The first-order chi connectivity index (χ1) is 8.36. The molecule has 0 aliphatic carbocycles. The van der Waals surface area contributed by atoms with Crippen molar-refractivity contribution in [1.82, 2.24) is 10.2 Å². The minimum Gasteiger partial charge on any atom is -0.355 e. The summed E-state index contributed by atoms with van der Waals surface area (Å²) in [6, 6.07) is -0.485. The maximum absolute atomic E-state index is 12.7. The van der Waals surface area contributed by atoms with Crippen molar-refractivity contribution in [1.29, 1.82) is 0 Å². The maximum atomic E-state index is 12.7. The van der Waals surface area contributed by atoms with Crippen molar-refractivity contribution in [2.75, 3.05) is 19.6 Å². The number of nitrogens with zero attached hydrogens (tertiary/aromatic N) is 1. The zero-order valence-electron chi connectivity index (χ0n) is 10.9. The fraction of sp³-hybridized carbons (Fsp3) is 0.917. The van der Waals surface area contributed by atoms with Crippen LogP contribution >= 0.6 is 0 Å². The number of amides is 1. The van der Waals surface area contributed by atoms with Gasteiger partial charge in [-0.1, -0.05) is 6.92 Å². The van der Waals surface area contributed by atoms with Gasteiger partial charge in [-0.05, 0) is 32.7 Å². The highest BCUT2D eigenvalue weighted by molar-refractivity contribution is 5.81. The zero-order chi connectivity index (χ0) is 13.8. The SMILES string of the molecule is CCCNC(=O)[C@H](C)N1CCC[C@@H](C(F)(F)F)C1. The Kier molecular flexibility index (Phi) is 5.44. The van der Waals surface area contributed by atoms with Crippen LogP contribution in [0.1, 0.15) is 33.1 Å². The summed E-state index contributed by atoms with van der Waals surface area (Å²) < 4.78 is 38.0. The first-order valence-electron chi connectivity index (χ1n) is 6.44.